The molecule has 7 heteroatoms. The van der Waals surface area contributed by atoms with Crippen molar-refractivity contribution in [2.24, 2.45) is 0 Å². The van der Waals surface area contributed by atoms with E-state index in [4.69, 9.17) is 0 Å². The van der Waals surface area contributed by atoms with Crippen LogP contribution in [-0.4, -0.2) is 29.6 Å². The van der Waals surface area contributed by atoms with Crippen LogP contribution in [0.25, 0.3) is 5.69 Å². The van der Waals surface area contributed by atoms with E-state index >= 15 is 0 Å². The number of hydrogen-bond acceptors (Lipinski definition) is 5. The van der Waals surface area contributed by atoms with E-state index in [-0.39, 0.29) is 10.6 Å². The van der Waals surface area contributed by atoms with Crippen molar-refractivity contribution in [3.8, 4) is 11.4 Å². The SMILES string of the molecule is CS(=O)(=O)c1ccccc1-n1cc(NCc2cccc(O)c2)cn1. The highest BCUT2D eigenvalue weighted by Gasteiger charge is 2.14. The van der Waals surface area contributed by atoms with E-state index in [0.717, 1.165) is 11.3 Å². The van der Waals surface area contributed by atoms with Crippen molar-refractivity contribution < 1.29 is 13.5 Å². The summed E-state index contributed by atoms with van der Waals surface area (Å²) < 4.78 is 25.3. The Kier molecular flexibility index (Phi) is 4.26. The van der Waals surface area contributed by atoms with Crippen molar-refractivity contribution in [2.75, 3.05) is 11.6 Å². The summed E-state index contributed by atoms with van der Waals surface area (Å²) in [7, 11) is -3.34. The first-order valence-electron chi connectivity index (χ1n) is 7.29. The first-order valence-corrected chi connectivity index (χ1v) is 9.18. The second kappa shape index (κ2) is 6.37. The van der Waals surface area contributed by atoms with Crippen molar-refractivity contribution in [3.63, 3.8) is 0 Å². The molecule has 0 unspecified atom stereocenters. The van der Waals surface area contributed by atoms with E-state index in [1.807, 2.05) is 6.07 Å². The van der Waals surface area contributed by atoms with E-state index in [1.165, 1.54) is 10.9 Å². The molecule has 0 atom stereocenters. The predicted octanol–water partition coefficient (Wildman–Crippen LogP) is 2.59. The number of anilines is 1. The summed E-state index contributed by atoms with van der Waals surface area (Å²) in [5, 5.41) is 16.9. The van der Waals surface area contributed by atoms with E-state index in [2.05, 4.69) is 10.4 Å². The monoisotopic (exact) mass is 343 g/mol. The van der Waals surface area contributed by atoms with Gasteiger partial charge in [0.1, 0.15) is 5.75 Å². The Balaban J connectivity index is 1.82. The van der Waals surface area contributed by atoms with Gasteiger partial charge in [-0.25, -0.2) is 13.1 Å². The van der Waals surface area contributed by atoms with Crippen molar-refractivity contribution >= 4 is 15.5 Å². The van der Waals surface area contributed by atoms with Gasteiger partial charge in [0, 0.05) is 12.8 Å². The predicted molar refractivity (Wildman–Crippen MR) is 92.1 cm³/mol. The van der Waals surface area contributed by atoms with Crippen LogP contribution in [0.5, 0.6) is 5.75 Å². The van der Waals surface area contributed by atoms with Gasteiger partial charge in [0.2, 0.25) is 0 Å². The van der Waals surface area contributed by atoms with E-state index in [0.29, 0.717) is 12.2 Å². The van der Waals surface area contributed by atoms with Crippen LogP contribution in [0.15, 0.2) is 65.8 Å². The number of para-hydroxylation sites is 1. The fourth-order valence-electron chi connectivity index (χ4n) is 2.38. The first kappa shape index (κ1) is 16.1. The number of aromatic hydroxyl groups is 1. The lowest BCUT2D eigenvalue weighted by Gasteiger charge is -2.07. The number of hydrogen-bond donors (Lipinski definition) is 2. The van der Waals surface area contributed by atoms with E-state index in [9.17, 15) is 13.5 Å². The summed E-state index contributed by atoms with van der Waals surface area (Å²) in [4.78, 5) is 0.229. The minimum Gasteiger partial charge on any atom is -0.508 e. The summed E-state index contributed by atoms with van der Waals surface area (Å²) in [6, 6.07) is 13.7. The molecule has 24 heavy (non-hydrogen) atoms. The molecule has 2 aromatic carbocycles. The van der Waals surface area contributed by atoms with Crippen LogP contribution in [0.2, 0.25) is 0 Å². The molecule has 0 aliphatic heterocycles. The van der Waals surface area contributed by atoms with Gasteiger partial charge in [-0.05, 0) is 29.8 Å². The first-order chi connectivity index (χ1) is 11.4. The van der Waals surface area contributed by atoms with Crippen LogP contribution in [0.3, 0.4) is 0 Å². The van der Waals surface area contributed by atoms with Crippen LogP contribution in [0.1, 0.15) is 5.56 Å². The van der Waals surface area contributed by atoms with E-state index < -0.39 is 9.84 Å². The smallest absolute Gasteiger partial charge is 0.177 e. The highest BCUT2D eigenvalue weighted by atomic mass is 32.2. The summed E-state index contributed by atoms with van der Waals surface area (Å²) >= 11 is 0. The maximum Gasteiger partial charge on any atom is 0.177 e. The third kappa shape index (κ3) is 3.57. The number of rotatable bonds is 5. The number of phenolic OH excluding ortho intramolecular Hbond substituents is 1. The number of sulfone groups is 1. The normalized spacial score (nSPS) is 11.4. The molecule has 0 aliphatic rings. The molecule has 1 aromatic heterocycles. The van der Waals surface area contributed by atoms with Crippen LogP contribution < -0.4 is 5.32 Å². The topological polar surface area (TPSA) is 84.2 Å². The molecule has 2 N–H and O–H groups in total. The number of benzene rings is 2. The second-order valence-corrected chi connectivity index (χ2v) is 7.42. The third-order valence-corrected chi connectivity index (χ3v) is 4.65. The van der Waals surface area contributed by atoms with Gasteiger partial charge in [-0.1, -0.05) is 24.3 Å². The molecule has 6 nitrogen and oxygen atoms in total. The Hall–Kier alpha value is -2.80. The Morgan fingerprint density at radius 3 is 2.71 bits per heavy atom. The quantitative estimate of drug-likeness (QED) is 0.744. The number of phenols is 1. The molecule has 0 amide bonds. The number of aromatic nitrogens is 2. The minimum absolute atomic E-state index is 0.215. The van der Waals surface area contributed by atoms with Gasteiger partial charge in [0.15, 0.2) is 9.84 Å². The van der Waals surface area contributed by atoms with Crippen LogP contribution in [0, 0.1) is 0 Å². The van der Waals surface area contributed by atoms with Gasteiger partial charge in [-0.3, -0.25) is 0 Å². The molecule has 1 heterocycles. The standard InChI is InChI=1S/C17H17N3O3S/c1-24(22,23)17-8-3-2-7-16(17)20-12-14(11-19-20)18-10-13-5-4-6-15(21)9-13/h2-9,11-12,18,21H,10H2,1H3. The maximum atomic E-state index is 11.9. The average molecular weight is 343 g/mol. The van der Waals surface area contributed by atoms with Crippen molar-refractivity contribution in [3.05, 3.63) is 66.5 Å². The zero-order valence-corrected chi connectivity index (χ0v) is 13.9. The molecule has 3 aromatic rings. The van der Waals surface area contributed by atoms with Gasteiger partial charge in [0.25, 0.3) is 0 Å². The van der Waals surface area contributed by atoms with E-state index in [1.54, 1.807) is 54.9 Å². The van der Waals surface area contributed by atoms with Gasteiger partial charge in [0.05, 0.1) is 28.7 Å². The molecule has 0 aliphatic carbocycles. The molecule has 0 radical (unpaired) electrons. The summed E-state index contributed by atoms with van der Waals surface area (Å²) in [6.45, 7) is 0.522. The summed E-state index contributed by atoms with van der Waals surface area (Å²) in [5.41, 5.74) is 2.19. The molecule has 0 spiro atoms. The van der Waals surface area contributed by atoms with Crippen molar-refractivity contribution in [2.45, 2.75) is 11.4 Å². The zero-order chi connectivity index (χ0) is 17.2. The molecule has 3 rings (SSSR count). The highest BCUT2D eigenvalue weighted by Crippen LogP contribution is 2.21. The second-order valence-electron chi connectivity index (χ2n) is 5.44. The van der Waals surface area contributed by atoms with Crippen LogP contribution >= 0.6 is 0 Å². The zero-order valence-electron chi connectivity index (χ0n) is 13.0. The third-order valence-electron chi connectivity index (χ3n) is 3.50. The lowest BCUT2D eigenvalue weighted by atomic mass is 10.2. The van der Waals surface area contributed by atoms with Crippen LogP contribution in [0.4, 0.5) is 5.69 Å². The molecule has 0 bridgehead atoms. The fraction of sp³-hybridized carbons (Fsp3) is 0.118. The van der Waals surface area contributed by atoms with Gasteiger partial charge in [-0.15, -0.1) is 0 Å². The van der Waals surface area contributed by atoms with Crippen molar-refractivity contribution in [1.29, 1.82) is 0 Å². The molecule has 0 fully saturated rings. The van der Waals surface area contributed by atoms with Gasteiger partial charge >= 0.3 is 0 Å². The lowest BCUT2D eigenvalue weighted by molar-refractivity contribution is 0.474. The molecular formula is C17H17N3O3S. The Morgan fingerprint density at radius 1 is 1.17 bits per heavy atom. The molecule has 124 valence electrons. The molecule has 0 saturated heterocycles. The Morgan fingerprint density at radius 2 is 1.96 bits per heavy atom. The lowest BCUT2D eigenvalue weighted by Crippen LogP contribution is -2.05. The van der Waals surface area contributed by atoms with Crippen molar-refractivity contribution in [1.82, 2.24) is 9.78 Å². The number of nitrogens with zero attached hydrogens (tertiary/aromatic N) is 2. The average Bonchev–Trinajstić information content (AvgIpc) is 3.01. The Bertz CT molecular complexity index is 964. The van der Waals surface area contributed by atoms with Crippen LogP contribution in [-0.2, 0) is 16.4 Å². The summed E-state index contributed by atoms with van der Waals surface area (Å²) in [6.07, 6.45) is 4.53. The number of nitrogens with one attached hydrogen (secondary N) is 1. The minimum atomic E-state index is -3.34. The molecule has 0 saturated carbocycles. The fourth-order valence-corrected chi connectivity index (χ4v) is 3.24. The highest BCUT2D eigenvalue weighted by molar-refractivity contribution is 7.90. The molecular weight excluding hydrogens is 326 g/mol. The largest absolute Gasteiger partial charge is 0.508 e. The van der Waals surface area contributed by atoms with Gasteiger partial charge in [-0.2, -0.15) is 5.10 Å². The van der Waals surface area contributed by atoms with Gasteiger partial charge < -0.3 is 10.4 Å². The summed E-state index contributed by atoms with van der Waals surface area (Å²) in [5.74, 6) is 0.215. The Labute approximate surface area is 140 Å². The maximum absolute atomic E-state index is 11.9.